The number of hydrogen-bond acceptors (Lipinski definition) is 7. The zero-order valence-corrected chi connectivity index (χ0v) is 20.8. The van der Waals surface area contributed by atoms with Gasteiger partial charge in [-0.05, 0) is 34.9 Å². The fraction of sp³-hybridized carbons (Fsp3) is 0.0870. The van der Waals surface area contributed by atoms with Crippen molar-refractivity contribution < 1.29 is 12.8 Å². The number of thiazole rings is 1. The van der Waals surface area contributed by atoms with Crippen LogP contribution < -0.4 is 5.32 Å². The molecule has 4 heterocycles. The van der Waals surface area contributed by atoms with Gasteiger partial charge in [0.2, 0.25) is 0 Å². The number of aromatic nitrogens is 4. The Morgan fingerprint density at radius 3 is 2.71 bits per heavy atom. The van der Waals surface area contributed by atoms with Gasteiger partial charge in [-0.15, -0.1) is 0 Å². The van der Waals surface area contributed by atoms with Crippen molar-refractivity contribution in [1.29, 1.82) is 0 Å². The van der Waals surface area contributed by atoms with Gasteiger partial charge in [0.25, 0.3) is 10.0 Å². The van der Waals surface area contributed by atoms with Crippen LogP contribution in [0.15, 0.2) is 66.1 Å². The third-order valence-corrected chi connectivity index (χ3v) is 9.22. The van der Waals surface area contributed by atoms with Crippen molar-refractivity contribution >= 4 is 60.7 Å². The van der Waals surface area contributed by atoms with E-state index in [2.05, 4.69) is 20.3 Å². The van der Waals surface area contributed by atoms with E-state index >= 15 is 0 Å². The first kappa shape index (κ1) is 22.4. The van der Waals surface area contributed by atoms with E-state index in [1.54, 1.807) is 42.7 Å². The number of hydrogen-bond donors (Lipinski definition) is 1. The molecule has 1 aliphatic rings. The number of pyridine rings is 2. The normalized spacial score (nSPS) is 14.8. The lowest BCUT2D eigenvalue weighted by molar-refractivity contribution is 0.588. The standard InChI is InChI=1S/C23H14Cl2FN5O2S2/c24-16-10-28-22-18-15(11-31(22)35(32,33)14-4-2-1-3-5-14)17(19(16)18)20-21(25)30-23(34-20)29-8-12-6-13(26)9-27-7-12/h1-7,9-11,17H,8H2,(H,29,30). The minimum Gasteiger partial charge on any atom is -0.357 e. The van der Waals surface area contributed by atoms with Gasteiger partial charge in [0.15, 0.2) is 10.8 Å². The highest BCUT2D eigenvalue weighted by molar-refractivity contribution is 7.90. The highest BCUT2D eigenvalue weighted by Gasteiger charge is 2.40. The van der Waals surface area contributed by atoms with E-state index in [1.807, 2.05) is 0 Å². The minimum atomic E-state index is -3.86. The van der Waals surface area contributed by atoms with Crippen LogP contribution in [0.2, 0.25) is 10.2 Å². The summed E-state index contributed by atoms with van der Waals surface area (Å²) >= 11 is 14.3. The van der Waals surface area contributed by atoms with Gasteiger partial charge in [-0.2, -0.15) is 0 Å². The molecule has 0 saturated carbocycles. The van der Waals surface area contributed by atoms with Crippen molar-refractivity contribution in [1.82, 2.24) is 18.9 Å². The van der Waals surface area contributed by atoms with Crippen molar-refractivity contribution in [3.8, 4) is 0 Å². The summed E-state index contributed by atoms with van der Waals surface area (Å²) in [6.07, 6.45) is 5.74. The molecule has 5 aromatic rings. The molecule has 35 heavy (non-hydrogen) atoms. The van der Waals surface area contributed by atoms with Gasteiger partial charge in [0.1, 0.15) is 11.0 Å². The van der Waals surface area contributed by atoms with Crippen LogP contribution in [0, 0.1) is 5.82 Å². The van der Waals surface area contributed by atoms with Gasteiger partial charge in [-0.1, -0.05) is 52.7 Å². The maximum absolute atomic E-state index is 13.4. The van der Waals surface area contributed by atoms with Gasteiger partial charge < -0.3 is 5.32 Å². The maximum atomic E-state index is 13.4. The molecule has 1 aliphatic carbocycles. The summed E-state index contributed by atoms with van der Waals surface area (Å²) in [6.45, 7) is 0.315. The van der Waals surface area contributed by atoms with Gasteiger partial charge >= 0.3 is 0 Å². The third-order valence-electron chi connectivity index (χ3n) is 5.78. The molecule has 1 aromatic carbocycles. The van der Waals surface area contributed by atoms with Gasteiger partial charge in [-0.25, -0.2) is 26.7 Å². The Bertz CT molecular complexity index is 1720. The van der Waals surface area contributed by atoms with Crippen LogP contribution in [0.4, 0.5) is 9.52 Å². The first-order chi connectivity index (χ1) is 16.8. The number of rotatable bonds is 6. The van der Waals surface area contributed by atoms with Gasteiger partial charge in [0, 0.05) is 30.5 Å². The SMILES string of the molecule is O=S(=O)(c1ccccc1)n1cc2c3c(c(Cl)cnc31)C2c1sc(NCc2cncc(F)c2)nc1Cl. The lowest BCUT2D eigenvalue weighted by Crippen LogP contribution is -2.12. The second-order valence-electron chi connectivity index (χ2n) is 7.89. The summed E-state index contributed by atoms with van der Waals surface area (Å²) < 4.78 is 41.3. The molecule has 0 radical (unpaired) electrons. The van der Waals surface area contributed by atoms with E-state index in [1.165, 1.54) is 27.6 Å². The second-order valence-corrected chi connectivity index (χ2v) is 11.5. The smallest absolute Gasteiger partial charge is 0.269 e. The number of halogens is 3. The molecule has 0 spiro atoms. The maximum Gasteiger partial charge on any atom is 0.269 e. The summed E-state index contributed by atoms with van der Waals surface area (Å²) in [5, 5.41) is 5.09. The highest BCUT2D eigenvalue weighted by atomic mass is 35.5. The molecular weight excluding hydrogens is 532 g/mol. The summed E-state index contributed by atoms with van der Waals surface area (Å²) in [7, 11) is -3.86. The number of benzene rings is 1. The average molecular weight is 546 g/mol. The van der Waals surface area contributed by atoms with E-state index < -0.39 is 15.8 Å². The van der Waals surface area contributed by atoms with Crippen molar-refractivity contribution in [2.45, 2.75) is 17.4 Å². The molecule has 0 amide bonds. The van der Waals surface area contributed by atoms with E-state index in [0.717, 1.165) is 22.2 Å². The van der Waals surface area contributed by atoms with Crippen LogP contribution >= 0.6 is 34.5 Å². The summed E-state index contributed by atoms with van der Waals surface area (Å²) in [5.74, 6) is -0.762. The van der Waals surface area contributed by atoms with Crippen LogP contribution in [0.1, 0.15) is 27.5 Å². The van der Waals surface area contributed by atoms with Crippen LogP contribution in [0.3, 0.4) is 0 Å². The first-order valence-electron chi connectivity index (χ1n) is 10.3. The lowest BCUT2D eigenvalue weighted by atomic mass is 9.79. The first-order valence-corrected chi connectivity index (χ1v) is 13.4. The zero-order chi connectivity index (χ0) is 24.3. The molecule has 0 fully saturated rings. The Labute approximate surface area is 213 Å². The Kier molecular flexibility index (Phi) is 5.29. The molecule has 0 saturated heterocycles. The van der Waals surface area contributed by atoms with E-state index in [0.29, 0.717) is 33.3 Å². The molecule has 176 valence electrons. The average Bonchev–Trinajstić information content (AvgIpc) is 3.37. The number of anilines is 1. The van der Waals surface area contributed by atoms with Crippen LogP contribution in [0.25, 0.3) is 11.0 Å². The summed E-state index contributed by atoms with van der Waals surface area (Å²) in [6, 6.07) is 9.56. The monoisotopic (exact) mass is 545 g/mol. The van der Waals surface area contributed by atoms with Crippen molar-refractivity contribution in [3.05, 3.63) is 98.7 Å². The Morgan fingerprint density at radius 2 is 1.94 bits per heavy atom. The van der Waals surface area contributed by atoms with Gasteiger partial charge in [0.05, 0.1) is 26.9 Å². The molecule has 7 nitrogen and oxygen atoms in total. The molecule has 6 rings (SSSR count). The summed E-state index contributed by atoms with van der Waals surface area (Å²) in [4.78, 5) is 13.4. The third kappa shape index (κ3) is 3.59. The molecule has 0 bridgehead atoms. The molecule has 1 atom stereocenters. The van der Waals surface area contributed by atoms with Gasteiger partial charge in [-0.3, -0.25) is 4.98 Å². The largest absolute Gasteiger partial charge is 0.357 e. The fourth-order valence-electron chi connectivity index (χ4n) is 4.23. The fourth-order valence-corrected chi connectivity index (χ4v) is 7.17. The zero-order valence-electron chi connectivity index (χ0n) is 17.6. The quantitative estimate of drug-likeness (QED) is 0.289. The van der Waals surface area contributed by atoms with Crippen molar-refractivity contribution in [2.75, 3.05) is 5.32 Å². The molecule has 4 aromatic heterocycles. The van der Waals surface area contributed by atoms with E-state index in [-0.39, 0.29) is 16.0 Å². The van der Waals surface area contributed by atoms with Crippen molar-refractivity contribution in [3.63, 3.8) is 0 Å². The minimum absolute atomic E-state index is 0.161. The molecule has 1 unspecified atom stereocenters. The predicted molar refractivity (Wildman–Crippen MR) is 133 cm³/mol. The second kappa shape index (κ2) is 8.27. The Morgan fingerprint density at radius 1 is 1.14 bits per heavy atom. The molecular formula is C23H14Cl2FN5O2S2. The van der Waals surface area contributed by atoms with E-state index in [4.69, 9.17) is 23.2 Å². The van der Waals surface area contributed by atoms with Crippen molar-refractivity contribution in [2.24, 2.45) is 0 Å². The summed E-state index contributed by atoms with van der Waals surface area (Å²) in [5.41, 5.74) is 2.50. The Hall–Kier alpha value is -3.05. The lowest BCUT2D eigenvalue weighted by Gasteiger charge is -2.26. The van der Waals surface area contributed by atoms with E-state index in [9.17, 15) is 12.8 Å². The number of nitrogens with zero attached hydrogens (tertiary/aromatic N) is 4. The number of nitrogens with one attached hydrogen (secondary N) is 1. The van der Waals surface area contributed by atoms with Crippen LogP contribution in [-0.4, -0.2) is 27.3 Å². The molecule has 0 aliphatic heterocycles. The molecule has 12 heteroatoms. The molecule has 1 N–H and O–H groups in total. The predicted octanol–water partition coefficient (Wildman–Crippen LogP) is 5.68. The van der Waals surface area contributed by atoms with Crippen LogP contribution in [-0.2, 0) is 16.6 Å². The van der Waals surface area contributed by atoms with Crippen LogP contribution in [0.5, 0.6) is 0 Å². The topological polar surface area (TPSA) is 89.8 Å². The Balaban J connectivity index is 1.38. The highest BCUT2D eigenvalue weighted by Crippen LogP contribution is 2.54.